The number of carboxylic acids is 1. The molecule has 0 fully saturated rings. The third-order valence-electron chi connectivity index (χ3n) is 5.30. The zero-order valence-electron chi connectivity index (χ0n) is 17.3. The Balaban J connectivity index is 1.89. The van der Waals surface area contributed by atoms with Crippen molar-refractivity contribution in [1.29, 1.82) is 0 Å². The van der Waals surface area contributed by atoms with E-state index in [1.807, 2.05) is 0 Å². The summed E-state index contributed by atoms with van der Waals surface area (Å²) in [5.41, 5.74) is 2.70. The Kier molecular flexibility index (Phi) is 6.22. The highest BCUT2D eigenvalue weighted by Gasteiger charge is 2.30. The standard InChI is InChI=1S/C23H18BrClN2O5S/c1-12-22(33(31,32)15-5-3-14(25)4-6-15)17(8-9-21(28)29)20(26-12)11-18-16-7-2-13(24)10-19(16)27-23(18)30/h2-7,10-11,26H,8-9H2,1H3,(H,27,30)(H,28,29)/b18-11-. The van der Waals surface area contributed by atoms with Gasteiger partial charge < -0.3 is 15.4 Å². The minimum Gasteiger partial charge on any atom is -0.481 e. The van der Waals surface area contributed by atoms with Gasteiger partial charge in [0.25, 0.3) is 5.91 Å². The summed E-state index contributed by atoms with van der Waals surface area (Å²) in [5.74, 6) is -1.39. The van der Waals surface area contributed by atoms with Gasteiger partial charge in [-0.1, -0.05) is 33.6 Å². The number of H-pyrrole nitrogens is 1. The van der Waals surface area contributed by atoms with E-state index in [1.165, 1.54) is 24.3 Å². The van der Waals surface area contributed by atoms with Gasteiger partial charge in [-0.2, -0.15) is 0 Å². The Bertz CT molecular complexity index is 1430. The molecule has 0 saturated heterocycles. The first-order valence-corrected chi connectivity index (χ1v) is 12.5. The number of benzene rings is 2. The van der Waals surface area contributed by atoms with Gasteiger partial charge in [0.2, 0.25) is 9.84 Å². The Morgan fingerprint density at radius 2 is 1.88 bits per heavy atom. The molecule has 0 atom stereocenters. The largest absolute Gasteiger partial charge is 0.481 e. The highest BCUT2D eigenvalue weighted by atomic mass is 79.9. The van der Waals surface area contributed by atoms with E-state index in [4.69, 9.17) is 11.6 Å². The van der Waals surface area contributed by atoms with Gasteiger partial charge in [0, 0.05) is 32.9 Å². The number of hydrogen-bond acceptors (Lipinski definition) is 4. The van der Waals surface area contributed by atoms with Crippen LogP contribution in [0.25, 0.3) is 11.6 Å². The molecule has 0 aliphatic carbocycles. The van der Waals surface area contributed by atoms with E-state index in [2.05, 4.69) is 26.2 Å². The SMILES string of the molecule is Cc1[nH]c(/C=C2\C(=O)Nc3cc(Br)ccc32)c(CCC(=O)O)c1S(=O)(=O)c1ccc(Cl)cc1. The lowest BCUT2D eigenvalue weighted by atomic mass is 10.0. The van der Waals surface area contributed by atoms with Crippen molar-refractivity contribution in [2.45, 2.75) is 29.6 Å². The van der Waals surface area contributed by atoms with Crippen LogP contribution in [0.1, 0.15) is 28.9 Å². The molecule has 33 heavy (non-hydrogen) atoms. The summed E-state index contributed by atoms with van der Waals surface area (Å²) in [5, 5.41) is 12.4. The summed E-state index contributed by atoms with van der Waals surface area (Å²) in [6.07, 6.45) is 1.27. The molecule has 1 aliphatic heterocycles. The maximum Gasteiger partial charge on any atom is 0.303 e. The first-order chi connectivity index (χ1) is 15.6. The average Bonchev–Trinajstić information content (AvgIpc) is 3.22. The number of carbonyl (C=O) groups is 2. The van der Waals surface area contributed by atoms with Crippen LogP contribution in [-0.4, -0.2) is 30.4 Å². The summed E-state index contributed by atoms with van der Waals surface area (Å²) in [7, 11) is -3.98. The van der Waals surface area contributed by atoms with Crippen LogP contribution in [0.4, 0.5) is 5.69 Å². The molecule has 1 aromatic heterocycles. The smallest absolute Gasteiger partial charge is 0.303 e. The van der Waals surface area contributed by atoms with E-state index in [9.17, 15) is 23.1 Å². The van der Waals surface area contributed by atoms with Crippen LogP contribution in [0.15, 0.2) is 56.7 Å². The quantitative estimate of drug-likeness (QED) is 0.371. The van der Waals surface area contributed by atoms with Crippen LogP contribution in [0.2, 0.25) is 5.02 Å². The maximum atomic E-state index is 13.5. The van der Waals surface area contributed by atoms with Gasteiger partial charge >= 0.3 is 5.97 Å². The Morgan fingerprint density at radius 1 is 1.18 bits per heavy atom. The zero-order chi connectivity index (χ0) is 23.9. The minimum atomic E-state index is -3.98. The van der Waals surface area contributed by atoms with Gasteiger partial charge in [0.15, 0.2) is 0 Å². The van der Waals surface area contributed by atoms with E-state index >= 15 is 0 Å². The predicted molar refractivity (Wildman–Crippen MR) is 129 cm³/mol. The Labute approximate surface area is 203 Å². The third kappa shape index (κ3) is 4.48. The fraction of sp³-hybridized carbons (Fsp3) is 0.130. The lowest BCUT2D eigenvalue weighted by molar-refractivity contribution is -0.137. The monoisotopic (exact) mass is 548 g/mol. The number of halogens is 2. The summed E-state index contributed by atoms with van der Waals surface area (Å²) in [6, 6.07) is 11.1. The van der Waals surface area contributed by atoms with Crippen molar-refractivity contribution in [2.24, 2.45) is 0 Å². The summed E-state index contributed by atoms with van der Waals surface area (Å²) in [6.45, 7) is 1.61. The molecule has 1 aliphatic rings. The van der Waals surface area contributed by atoms with Gasteiger partial charge in [-0.3, -0.25) is 9.59 Å². The van der Waals surface area contributed by atoms with Crippen molar-refractivity contribution in [1.82, 2.24) is 4.98 Å². The Morgan fingerprint density at radius 3 is 2.55 bits per heavy atom. The van der Waals surface area contributed by atoms with Crippen LogP contribution < -0.4 is 5.32 Å². The summed E-state index contributed by atoms with van der Waals surface area (Å²) < 4.78 is 27.7. The van der Waals surface area contributed by atoms with Crippen LogP contribution in [0.3, 0.4) is 0 Å². The Hall–Kier alpha value is -2.88. The number of aliphatic carboxylic acids is 1. The van der Waals surface area contributed by atoms with Gasteiger partial charge in [-0.15, -0.1) is 0 Å². The second kappa shape index (κ2) is 8.81. The van der Waals surface area contributed by atoms with E-state index in [1.54, 1.807) is 31.2 Å². The molecular formula is C23H18BrClN2O5S. The number of anilines is 1. The highest BCUT2D eigenvalue weighted by Crippen LogP contribution is 2.37. The van der Waals surface area contributed by atoms with Crippen LogP contribution in [0, 0.1) is 6.92 Å². The fourth-order valence-corrected chi connectivity index (χ4v) is 6.04. The van der Waals surface area contributed by atoms with Crippen molar-refractivity contribution in [3.8, 4) is 0 Å². The number of aryl methyl sites for hydroxylation is 1. The van der Waals surface area contributed by atoms with Gasteiger partial charge in [0.1, 0.15) is 0 Å². The molecule has 3 aromatic rings. The van der Waals surface area contributed by atoms with E-state index in [0.29, 0.717) is 38.8 Å². The maximum absolute atomic E-state index is 13.5. The van der Waals surface area contributed by atoms with Crippen LogP contribution in [-0.2, 0) is 25.8 Å². The molecule has 0 bridgehead atoms. The number of amides is 1. The summed E-state index contributed by atoms with van der Waals surface area (Å²) in [4.78, 5) is 27.0. The van der Waals surface area contributed by atoms with E-state index in [0.717, 1.165) is 4.47 Å². The summed E-state index contributed by atoms with van der Waals surface area (Å²) >= 11 is 9.28. The molecule has 0 radical (unpaired) electrons. The molecule has 1 amide bonds. The average molecular weight is 550 g/mol. The molecule has 0 saturated carbocycles. The van der Waals surface area contributed by atoms with Crippen LogP contribution in [0.5, 0.6) is 0 Å². The number of aromatic nitrogens is 1. The lowest BCUT2D eigenvalue weighted by Gasteiger charge is -2.08. The molecule has 2 heterocycles. The number of nitrogens with one attached hydrogen (secondary N) is 2. The van der Waals surface area contributed by atoms with E-state index in [-0.39, 0.29) is 28.5 Å². The van der Waals surface area contributed by atoms with Crippen molar-refractivity contribution >= 4 is 66.6 Å². The van der Waals surface area contributed by atoms with Crippen molar-refractivity contribution in [3.05, 3.63) is 74.5 Å². The number of fused-ring (bicyclic) bond motifs is 1. The van der Waals surface area contributed by atoms with Crippen molar-refractivity contribution in [2.75, 3.05) is 5.32 Å². The first kappa shape index (κ1) is 23.3. The molecule has 2 aromatic carbocycles. The third-order valence-corrected chi connectivity index (χ3v) is 8.02. The normalized spacial score (nSPS) is 14.4. The van der Waals surface area contributed by atoms with Crippen LogP contribution >= 0.6 is 27.5 Å². The van der Waals surface area contributed by atoms with Crippen molar-refractivity contribution in [3.63, 3.8) is 0 Å². The van der Waals surface area contributed by atoms with Gasteiger partial charge in [-0.05, 0) is 61.4 Å². The number of aromatic amines is 1. The molecule has 4 rings (SSSR count). The first-order valence-electron chi connectivity index (χ1n) is 9.85. The lowest BCUT2D eigenvalue weighted by Crippen LogP contribution is -2.08. The number of sulfone groups is 1. The number of carbonyl (C=O) groups excluding carboxylic acids is 1. The molecule has 10 heteroatoms. The van der Waals surface area contributed by atoms with Crippen molar-refractivity contribution < 1.29 is 23.1 Å². The molecule has 7 nitrogen and oxygen atoms in total. The second-order valence-electron chi connectivity index (χ2n) is 7.52. The molecule has 0 spiro atoms. The predicted octanol–water partition coefficient (Wildman–Crippen LogP) is 5.08. The minimum absolute atomic E-state index is 0.00681. The molecule has 0 unspecified atom stereocenters. The zero-order valence-corrected chi connectivity index (χ0v) is 20.4. The van der Waals surface area contributed by atoms with E-state index < -0.39 is 15.8 Å². The number of carboxylic acid groups (broad SMARTS) is 1. The number of rotatable bonds is 6. The highest BCUT2D eigenvalue weighted by molar-refractivity contribution is 9.10. The molecule has 170 valence electrons. The van der Waals surface area contributed by atoms with Gasteiger partial charge in [0.05, 0.1) is 21.1 Å². The topological polar surface area (TPSA) is 116 Å². The fourth-order valence-electron chi connectivity index (χ4n) is 3.84. The molecule has 3 N–H and O–H groups in total. The number of hydrogen-bond donors (Lipinski definition) is 3. The van der Waals surface area contributed by atoms with Gasteiger partial charge in [-0.25, -0.2) is 8.42 Å². The molecular weight excluding hydrogens is 532 g/mol. The second-order valence-corrected chi connectivity index (χ2v) is 10.8.